The van der Waals surface area contributed by atoms with Crippen molar-refractivity contribution < 1.29 is 4.79 Å². The predicted molar refractivity (Wildman–Crippen MR) is 66.1 cm³/mol. The zero-order valence-corrected chi connectivity index (χ0v) is 11.0. The lowest BCUT2D eigenvalue weighted by Crippen LogP contribution is -2.60. The zero-order valence-electron chi connectivity index (χ0n) is 11.0. The Bertz CT molecular complexity index is 249. The first-order valence-electron chi connectivity index (χ1n) is 6.12. The average Bonchev–Trinajstić information content (AvgIpc) is 2.23. The topological polar surface area (TPSA) is 49.6 Å². The first-order chi connectivity index (χ1) is 7.42. The van der Waals surface area contributed by atoms with Gasteiger partial charge in [0.05, 0.1) is 5.92 Å². The molecule has 94 valence electrons. The van der Waals surface area contributed by atoms with E-state index in [-0.39, 0.29) is 17.4 Å². The smallest absolute Gasteiger partial charge is 0.227 e. The second kappa shape index (κ2) is 5.15. The van der Waals surface area contributed by atoms with E-state index in [1.165, 1.54) is 0 Å². The minimum Gasteiger partial charge on any atom is -0.339 e. The summed E-state index contributed by atoms with van der Waals surface area (Å²) in [5.74, 6) is 0.227. The molecule has 0 aromatic heterocycles. The molecule has 1 amide bonds. The molecule has 1 atom stereocenters. The van der Waals surface area contributed by atoms with Crippen LogP contribution in [0.5, 0.6) is 0 Å². The first-order valence-corrected chi connectivity index (χ1v) is 6.12. The fourth-order valence-electron chi connectivity index (χ4n) is 2.13. The quantitative estimate of drug-likeness (QED) is 0.765. The molecule has 4 nitrogen and oxygen atoms in total. The Morgan fingerprint density at radius 2 is 2.06 bits per heavy atom. The van der Waals surface area contributed by atoms with E-state index in [0.717, 1.165) is 26.1 Å². The molecule has 1 fully saturated rings. The maximum Gasteiger partial charge on any atom is 0.227 e. The van der Waals surface area contributed by atoms with Gasteiger partial charge >= 0.3 is 0 Å². The number of piperazine rings is 1. The van der Waals surface area contributed by atoms with E-state index in [1.807, 2.05) is 11.8 Å². The predicted octanol–water partition coefficient (Wildman–Crippen LogP) is 0.524. The number of likely N-dealkylation sites (N-methyl/N-ethyl adjacent to an activating group) is 1. The van der Waals surface area contributed by atoms with Crippen LogP contribution in [-0.4, -0.2) is 54.5 Å². The van der Waals surface area contributed by atoms with E-state index in [4.69, 9.17) is 5.73 Å². The number of carbonyl (C=O) groups excluding carboxylic acids is 1. The fourth-order valence-corrected chi connectivity index (χ4v) is 2.13. The summed E-state index contributed by atoms with van der Waals surface area (Å²) >= 11 is 0. The van der Waals surface area contributed by atoms with Crippen molar-refractivity contribution in [3.63, 3.8) is 0 Å². The molecule has 1 heterocycles. The van der Waals surface area contributed by atoms with E-state index in [9.17, 15) is 4.79 Å². The van der Waals surface area contributed by atoms with Crippen LogP contribution in [0.1, 0.15) is 27.2 Å². The molecular formula is C12H25N3O. The van der Waals surface area contributed by atoms with Gasteiger partial charge in [-0.3, -0.25) is 9.69 Å². The van der Waals surface area contributed by atoms with Gasteiger partial charge in [0.25, 0.3) is 0 Å². The molecule has 0 aromatic rings. The Labute approximate surface area is 98.8 Å². The normalized spacial score (nSPS) is 23.2. The van der Waals surface area contributed by atoms with E-state index >= 15 is 0 Å². The van der Waals surface area contributed by atoms with Gasteiger partial charge in [0.15, 0.2) is 0 Å². The lowest BCUT2D eigenvalue weighted by Gasteiger charge is -2.46. The summed E-state index contributed by atoms with van der Waals surface area (Å²) in [6.07, 6.45) is 0.835. The third-order valence-electron chi connectivity index (χ3n) is 3.75. The molecule has 1 saturated heterocycles. The van der Waals surface area contributed by atoms with Crippen molar-refractivity contribution >= 4 is 5.91 Å². The third kappa shape index (κ3) is 2.74. The van der Waals surface area contributed by atoms with Gasteiger partial charge in [-0.2, -0.15) is 0 Å². The number of nitrogens with two attached hydrogens (primary N) is 1. The molecule has 0 bridgehead atoms. The minimum absolute atomic E-state index is 0.000735. The fraction of sp³-hybridized carbons (Fsp3) is 0.917. The van der Waals surface area contributed by atoms with Crippen LogP contribution >= 0.6 is 0 Å². The zero-order chi connectivity index (χ0) is 12.3. The van der Waals surface area contributed by atoms with Crippen molar-refractivity contribution in [1.29, 1.82) is 0 Å². The van der Waals surface area contributed by atoms with Crippen LogP contribution in [0.2, 0.25) is 0 Å². The van der Waals surface area contributed by atoms with E-state index in [0.29, 0.717) is 6.54 Å². The summed E-state index contributed by atoms with van der Waals surface area (Å²) in [6.45, 7) is 9.41. The molecule has 1 unspecified atom stereocenters. The van der Waals surface area contributed by atoms with E-state index in [1.54, 1.807) is 0 Å². The third-order valence-corrected chi connectivity index (χ3v) is 3.75. The highest BCUT2D eigenvalue weighted by molar-refractivity contribution is 5.79. The largest absolute Gasteiger partial charge is 0.339 e. The van der Waals surface area contributed by atoms with Crippen molar-refractivity contribution in [3.8, 4) is 0 Å². The van der Waals surface area contributed by atoms with Crippen molar-refractivity contribution in [2.24, 2.45) is 11.7 Å². The van der Waals surface area contributed by atoms with Crippen molar-refractivity contribution in [3.05, 3.63) is 0 Å². The van der Waals surface area contributed by atoms with Crippen molar-refractivity contribution in [2.45, 2.75) is 32.7 Å². The van der Waals surface area contributed by atoms with Crippen molar-refractivity contribution in [2.75, 3.05) is 33.2 Å². The molecule has 1 aliphatic heterocycles. The van der Waals surface area contributed by atoms with Crippen LogP contribution in [0.15, 0.2) is 0 Å². The highest BCUT2D eigenvalue weighted by Crippen LogP contribution is 2.20. The van der Waals surface area contributed by atoms with Crippen LogP contribution in [0, 0.1) is 5.92 Å². The van der Waals surface area contributed by atoms with Gasteiger partial charge in [0, 0.05) is 31.7 Å². The molecule has 0 aliphatic carbocycles. The van der Waals surface area contributed by atoms with Gasteiger partial charge in [-0.25, -0.2) is 0 Å². The maximum absolute atomic E-state index is 12.2. The summed E-state index contributed by atoms with van der Waals surface area (Å²) in [5, 5.41) is 0. The van der Waals surface area contributed by atoms with Crippen LogP contribution in [0.25, 0.3) is 0 Å². The molecule has 0 aromatic carbocycles. The summed E-state index contributed by atoms with van der Waals surface area (Å²) in [7, 11) is 2.11. The Balaban J connectivity index is 2.65. The molecule has 1 rings (SSSR count). The molecule has 4 heteroatoms. The number of hydrogen-bond donors (Lipinski definition) is 1. The SMILES string of the molecule is CCC(CN)C(=O)N1CCN(C)C(C)(C)C1. The molecule has 1 aliphatic rings. The first kappa shape index (κ1) is 13.5. The minimum atomic E-state index is -0.000735. The summed E-state index contributed by atoms with van der Waals surface area (Å²) < 4.78 is 0. The number of amides is 1. The van der Waals surface area contributed by atoms with Crippen molar-refractivity contribution in [1.82, 2.24) is 9.80 Å². The second-order valence-electron chi connectivity index (χ2n) is 5.33. The molecule has 16 heavy (non-hydrogen) atoms. The molecule has 0 radical (unpaired) electrons. The van der Waals surface area contributed by atoms with Gasteiger partial charge < -0.3 is 10.6 Å². The van der Waals surface area contributed by atoms with Gasteiger partial charge in [0.2, 0.25) is 5.91 Å². The lowest BCUT2D eigenvalue weighted by molar-refractivity contribution is -0.139. The molecule has 2 N–H and O–H groups in total. The van der Waals surface area contributed by atoms with Gasteiger partial charge in [-0.1, -0.05) is 6.92 Å². The Hall–Kier alpha value is -0.610. The van der Waals surface area contributed by atoms with Crippen LogP contribution < -0.4 is 5.73 Å². The monoisotopic (exact) mass is 227 g/mol. The van der Waals surface area contributed by atoms with Crippen LogP contribution in [0.3, 0.4) is 0 Å². The molecule has 0 saturated carbocycles. The van der Waals surface area contributed by atoms with E-state index < -0.39 is 0 Å². The summed E-state index contributed by atoms with van der Waals surface area (Å²) in [5.41, 5.74) is 5.70. The van der Waals surface area contributed by atoms with Crippen LogP contribution in [-0.2, 0) is 4.79 Å². The Morgan fingerprint density at radius 3 is 2.50 bits per heavy atom. The van der Waals surface area contributed by atoms with Crippen LogP contribution in [0.4, 0.5) is 0 Å². The Morgan fingerprint density at radius 1 is 1.44 bits per heavy atom. The number of nitrogens with zero attached hydrogens (tertiary/aromatic N) is 2. The summed E-state index contributed by atoms with van der Waals surface area (Å²) in [4.78, 5) is 16.5. The molecule has 0 spiro atoms. The number of rotatable bonds is 3. The summed E-state index contributed by atoms with van der Waals surface area (Å²) in [6, 6.07) is 0. The maximum atomic E-state index is 12.2. The van der Waals surface area contributed by atoms with Gasteiger partial charge in [-0.05, 0) is 27.3 Å². The van der Waals surface area contributed by atoms with Gasteiger partial charge in [-0.15, -0.1) is 0 Å². The lowest BCUT2D eigenvalue weighted by atomic mass is 9.97. The number of carbonyl (C=O) groups is 1. The second-order valence-corrected chi connectivity index (χ2v) is 5.33. The van der Waals surface area contributed by atoms with Gasteiger partial charge in [0.1, 0.15) is 0 Å². The average molecular weight is 227 g/mol. The Kier molecular flexibility index (Phi) is 4.33. The number of hydrogen-bond acceptors (Lipinski definition) is 3. The van der Waals surface area contributed by atoms with E-state index in [2.05, 4.69) is 25.8 Å². The highest BCUT2D eigenvalue weighted by Gasteiger charge is 2.34. The highest BCUT2D eigenvalue weighted by atomic mass is 16.2. The molecular weight excluding hydrogens is 202 g/mol. The standard InChI is InChI=1S/C12H25N3O/c1-5-10(8-13)11(16)15-7-6-14(4)12(2,3)9-15/h10H,5-9,13H2,1-4H3.